The van der Waals surface area contributed by atoms with Gasteiger partial charge in [-0.3, -0.25) is 0 Å². The first kappa shape index (κ1) is 14.3. The van der Waals surface area contributed by atoms with Gasteiger partial charge in [0.15, 0.2) is 0 Å². The zero-order valence-electron chi connectivity index (χ0n) is 9.55. The zero-order chi connectivity index (χ0) is 14.0. The molecule has 2 aromatic rings. The minimum atomic E-state index is -0.509. The van der Waals surface area contributed by atoms with E-state index in [0.717, 1.165) is 6.07 Å². The fourth-order valence-electron chi connectivity index (χ4n) is 1.64. The van der Waals surface area contributed by atoms with Crippen molar-refractivity contribution >= 4 is 40.5 Å². The van der Waals surface area contributed by atoms with Crippen LogP contribution in [0.4, 0.5) is 10.1 Å². The second-order valence-corrected chi connectivity index (χ2v) is 5.17. The molecule has 100 valence electrons. The molecule has 19 heavy (non-hydrogen) atoms. The molecule has 0 bridgehead atoms. The third-order valence-electron chi connectivity index (χ3n) is 2.42. The Morgan fingerprint density at radius 3 is 2.21 bits per heavy atom. The number of nitrogens with one attached hydrogen (secondary N) is 1. The Kier molecular flexibility index (Phi) is 4.40. The topological polar surface area (TPSA) is 32.3 Å². The Balaban J connectivity index is 2.19. The summed E-state index contributed by atoms with van der Waals surface area (Å²) in [7, 11) is 0. The summed E-state index contributed by atoms with van der Waals surface area (Å²) in [5, 5.41) is 13.5. The normalized spacial score (nSPS) is 10.5. The van der Waals surface area contributed by atoms with Gasteiger partial charge < -0.3 is 10.4 Å². The molecule has 0 aliphatic rings. The van der Waals surface area contributed by atoms with Crippen LogP contribution in [-0.2, 0) is 6.54 Å². The van der Waals surface area contributed by atoms with E-state index in [9.17, 15) is 9.50 Å². The number of phenols is 1. The average molecular weight is 321 g/mol. The molecule has 2 aromatic carbocycles. The van der Waals surface area contributed by atoms with Gasteiger partial charge >= 0.3 is 0 Å². The molecule has 0 saturated carbocycles. The largest absolute Gasteiger partial charge is 0.508 e. The molecule has 0 saturated heterocycles. The molecule has 0 fully saturated rings. The van der Waals surface area contributed by atoms with Gasteiger partial charge in [0.25, 0.3) is 0 Å². The summed E-state index contributed by atoms with van der Waals surface area (Å²) in [6.07, 6.45) is 0. The third kappa shape index (κ3) is 3.66. The van der Waals surface area contributed by atoms with Crippen molar-refractivity contribution in [2.24, 2.45) is 0 Å². The smallest absolute Gasteiger partial charge is 0.127 e. The monoisotopic (exact) mass is 319 g/mol. The number of hydrogen-bond acceptors (Lipinski definition) is 2. The number of anilines is 1. The van der Waals surface area contributed by atoms with E-state index in [1.807, 2.05) is 0 Å². The van der Waals surface area contributed by atoms with Crippen LogP contribution in [0, 0.1) is 5.82 Å². The summed E-state index contributed by atoms with van der Waals surface area (Å²) in [5.74, 6) is -0.643. The average Bonchev–Trinajstić information content (AvgIpc) is 2.25. The van der Waals surface area contributed by atoms with Gasteiger partial charge in [0.1, 0.15) is 11.6 Å². The van der Waals surface area contributed by atoms with Gasteiger partial charge in [-0.2, -0.15) is 0 Å². The molecule has 0 aliphatic carbocycles. The van der Waals surface area contributed by atoms with Gasteiger partial charge in [-0.25, -0.2) is 4.39 Å². The summed E-state index contributed by atoms with van der Waals surface area (Å²) < 4.78 is 13.1. The van der Waals surface area contributed by atoms with Crippen molar-refractivity contribution < 1.29 is 9.50 Å². The van der Waals surface area contributed by atoms with Crippen molar-refractivity contribution in [3.8, 4) is 5.75 Å². The van der Waals surface area contributed by atoms with Gasteiger partial charge in [0.2, 0.25) is 0 Å². The minimum absolute atomic E-state index is 0.134. The van der Waals surface area contributed by atoms with Crippen LogP contribution in [0.25, 0.3) is 0 Å². The number of phenolic OH excluding ortho intramolecular Hbond substituents is 1. The first-order chi connectivity index (χ1) is 8.95. The Hall–Kier alpha value is -1.16. The summed E-state index contributed by atoms with van der Waals surface area (Å²) in [5.41, 5.74) is 1.08. The van der Waals surface area contributed by atoms with E-state index in [1.54, 1.807) is 12.1 Å². The summed E-state index contributed by atoms with van der Waals surface area (Å²) in [4.78, 5) is 0. The van der Waals surface area contributed by atoms with E-state index in [1.165, 1.54) is 12.1 Å². The molecule has 0 radical (unpaired) electrons. The van der Waals surface area contributed by atoms with Gasteiger partial charge in [0, 0.05) is 17.6 Å². The van der Waals surface area contributed by atoms with Crippen LogP contribution in [0.2, 0.25) is 15.1 Å². The van der Waals surface area contributed by atoms with Crippen molar-refractivity contribution in [1.29, 1.82) is 0 Å². The lowest BCUT2D eigenvalue weighted by molar-refractivity contribution is 0.468. The predicted octanol–water partition coefficient (Wildman–Crippen LogP) is 5.10. The summed E-state index contributed by atoms with van der Waals surface area (Å²) in [6, 6.07) is 6.91. The van der Waals surface area contributed by atoms with E-state index in [0.29, 0.717) is 26.3 Å². The number of rotatable bonds is 3. The lowest BCUT2D eigenvalue weighted by Crippen LogP contribution is -2.01. The summed E-state index contributed by atoms with van der Waals surface area (Å²) >= 11 is 17.8. The minimum Gasteiger partial charge on any atom is -0.508 e. The standard InChI is InChI=1S/C13H9Cl3FNO/c14-8-3-11(15)13(12(16)4-8)18-6-7-1-9(17)5-10(19)2-7/h1-5,18-19H,6H2. The predicted molar refractivity (Wildman–Crippen MR) is 76.9 cm³/mol. The van der Waals surface area contributed by atoms with Crippen molar-refractivity contribution in [3.05, 3.63) is 56.8 Å². The zero-order valence-corrected chi connectivity index (χ0v) is 11.8. The fourth-order valence-corrected chi connectivity index (χ4v) is 2.59. The molecule has 2 N–H and O–H groups in total. The van der Waals surface area contributed by atoms with Gasteiger partial charge in [-0.05, 0) is 29.8 Å². The molecule has 0 atom stereocenters. The lowest BCUT2D eigenvalue weighted by atomic mass is 10.2. The first-order valence-corrected chi connectivity index (χ1v) is 6.46. The Morgan fingerprint density at radius 2 is 1.63 bits per heavy atom. The summed E-state index contributed by atoms with van der Waals surface area (Å²) in [6.45, 7) is 0.270. The molecular weight excluding hydrogens is 312 g/mol. The fraction of sp³-hybridized carbons (Fsp3) is 0.0769. The second kappa shape index (κ2) is 5.87. The maximum Gasteiger partial charge on any atom is 0.127 e. The third-order valence-corrected chi connectivity index (χ3v) is 3.23. The van der Waals surface area contributed by atoms with Crippen LogP contribution in [0.15, 0.2) is 30.3 Å². The van der Waals surface area contributed by atoms with Crippen LogP contribution < -0.4 is 5.32 Å². The molecular formula is C13H9Cl3FNO. The van der Waals surface area contributed by atoms with Crippen molar-refractivity contribution in [2.45, 2.75) is 6.54 Å². The molecule has 0 unspecified atom stereocenters. The molecule has 0 spiro atoms. The van der Waals surface area contributed by atoms with Crippen LogP contribution in [0.5, 0.6) is 5.75 Å². The maximum atomic E-state index is 13.1. The van der Waals surface area contributed by atoms with E-state index in [2.05, 4.69) is 5.32 Å². The molecule has 2 nitrogen and oxygen atoms in total. The van der Waals surface area contributed by atoms with E-state index < -0.39 is 5.82 Å². The number of hydrogen-bond donors (Lipinski definition) is 2. The molecule has 2 rings (SSSR count). The van der Waals surface area contributed by atoms with E-state index in [-0.39, 0.29) is 12.3 Å². The molecule has 6 heteroatoms. The van der Waals surface area contributed by atoms with Crippen LogP contribution in [0.1, 0.15) is 5.56 Å². The van der Waals surface area contributed by atoms with Gasteiger partial charge in [-0.1, -0.05) is 34.8 Å². The molecule has 0 heterocycles. The second-order valence-electron chi connectivity index (χ2n) is 3.92. The van der Waals surface area contributed by atoms with Crippen molar-refractivity contribution in [2.75, 3.05) is 5.32 Å². The van der Waals surface area contributed by atoms with Crippen molar-refractivity contribution in [1.82, 2.24) is 0 Å². The SMILES string of the molecule is Oc1cc(F)cc(CNc2c(Cl)cc(Cl)cc2Cl)c1. The number of aromatic hydroxyl groups is 1. The molecule has 0 amide bonds. The van der Waals surface area contributed by atoms with E-state index >= 15 is 0 Å². The van der Waals surface area contributed by atoms with Crippen molar-refractivity contribution in [3.63, 3.8) is 0 Å². The molecule has 0 aromatic heterocycles. The Bertz CT molecular complexity index is 576. The van der Waals surface area contributed by atoms with Crippen LogP contribution in [0.3, 0.4) is 0 Å². The van der Waals surface area contributed by atoms with Gasteiger partial charge in [-0.15, -0.1) is 0 Å². The molecule has 0 aliphatic heterocycles. The highest BCUT2D eigenvalue weighted by atomic mass is 35.5. The Morgan fingerprint density at radius 1 is 1.00 bits per heavy atom. The van der Waals surface area contributed by atoms with Crippen LogP contribution in [-0.4, -0.2) is 5.11 Å². The number of halogens is 4. The number of benzene rings is 2. The van der Waals surface area contributed by atoms with Gasteiger partial charge in [0.05, 0.1) is 15.7 Å². The highest BCUT2D eigenvalue weighted by Gasteiger charge is 2.08. The highest BCUT2D eigenvalue weighted by Crippen LogP contribution is 2.34. The van der Waals surface area contributed by atoms with E-state index in [4.69, 9.17) is 34.8 Å². The van der Waals surface area contributed by atoms with Crippen LogP contribution >= 0.6 is 34.8 Å². The lowest BCUT2D eigenvalue weighted by Gasteiger charge is -2.11. The Labute approximate surface area is 124 Å². The maximum absolute atomic E-state index is 13.1. The quantitative estimate of drug-likeness (QED) is 0.824. The first-order valence-electron chi connectivity index (χ1n) is 5.32. The highest BCUT2D eigenvalue weighted by molar-refractivity contribution is 6.41.